The zero-order chi connectivity index (χ0) is 26.3. The summed E-state index contributed by atoms with van der Waals surface area (Å²) in [7, 11) is 0. The minimum Gasteiger partial charge on any atom is -0.443 e. The summed E-state index contributed by atoms with van der Waals surface area (Å²) in [4.78, 5) is 36.0. The fraction of sp³-hybridized carbons (Fsp3) is 0.375. The SMILES string of the molecule is C[C@H](NC(=O)OCc1cccc2nnc([C@@H](COCc3ccccc3)NC(=O)C(C)(C)N)n12)C(N)=O. The third-order valence-corrected chi connectivity index (χ3v) is 5.24. The molecule has 0 unspecified atom stereocenters. The van der Waals surface area contributed by atoms with Crippen LogP contribution in [-0.2, 0) is 32.3 Å². The fourth-order valence-electron chi connectivity index (χ4n) is 3.19. The summed E-state index contributed by atoms with van der Waals surface area (Å²) < 4.78 is 12.8. The molecule has 0 aliphatic heterocycles. The quantitative estimate of drug-likeness (QED) is 0.302. The number of carbonyl (C=O) groups is 3. The highest BCUT2D eigenvalue weighted by atomic mass is 16.5. The lowest BCUT2D eigenvalue weighted by Gasteiger charge is -2.24. The molecule has 6 N–H and O–H groups in total. The Kier molecular flexibility index (Phi) is 8.56. The number of primary amides is 1. The Hall–Kier alpha value is -4.03. The number of benzene rings is 1. The van der Waals surface area contributed by atoms with Crippen LogP contribution in [-0.4, -0.2) is 50.7 Å². The predicted molar refractivity (Wildman–Crippen MR) is 130 cm³/mol. The molecule has 2 atom stereocenters. The molecule has 3 aromatic rings. The van der Waals surface area contributed by atoms with Gasteiger partial charge >= 0.3 is 6.09 Å². The van der Waals surface area contributed by atoms with E-state index in [2.05, 4.69) is 20.8 Å². The van der Waals surface area contributed by atoms with Gasteiger partial charge in [-0.3, -0.25) is 14.0 Å². The molecule has 3 amide bonds. The van der Waals surface area contributed by atoms with Crippen molar-refractivity contribution in [2.45, 2.75) is 51.6 Å². The number of hydrogen-bond acceptors (Lipinski definition) is 8. The average Bonchev–Trinajstić information content (AvgIpc) is 3.26. The van der Waals surface area contributed by atoms with Crippen LogP contribution in [0.1, 0.15) is 43.9 Å². The van der Waals surface area contributed by atoms with Crippen molar-refractivity contribution in [3.05, 3.63) is 65.6 Å². The molecule has 0 aliphatic rings. The molecule has 192 valence electrons. The number of amides is 3. The zero-order valence-corrected chi connectivity index (χ0v) is 20.4. The second kappa shape index (κ2) is 11.6. The van der Waals surface area contributed by atoms with E-state index >= 15 is 0 Å². The van der Waals surface area contributed by atoms with Crippen molar-refractivity contribution in [2.24, 2.45) is 11.5 Å². The maximum atomic E-state index is 12.7. The van der Waals surface area contributed by atoms with Crippen LogP contribution in [0.2, 0.25) is 0 Å². The predicted octanol–water partition coefficient (Wildman–Crippen LogP) is 0.941. The summed E-state index contributed by atoms with van der Waals surface area (Å²) in [5.74, 6) is -0.714. The largest absolute Gasteiger partial charge is 0.443 e. The highest BCUT2D eigenvalue weighted by Crippen LogP contribution is 2.18. The monoisotopic (exact) mass is 497 g/mol. The van der Waals surface area contributed by atoms with Crippen LogP contribution in [0, 0.1) is 0 Å². The van der Waals surface area contributed by atoms with E-state index in [-0.39, 0.29) is 13.2 Å². The van der Waals surface area contributed by atoms with Crippen molar-refractivity contribution >= 4 is 23.6 Å². The maximum absolute atomic E-state index is 12.7. The van der Waals surface area contributed by atoms with E-state index in [1.807, 2.05) is 30.3 Å². The van der Waals surface area contributed by atoms with E-state index < -0.39 is 35.5 Å². The van der Waals surface area contributed by atoms with Gasteiger partial charge in [-0.2, -0.15) is 0 Å². The Morgan fingerprint density at radius 3 is 2.42 bits per heavy atom. The van der Waals surface area contributed by atoms with Gasteiger partial charge in [-0.1, -0.05) is 36.4 Å². The van der Waals surface area contributed by atoms with Crippen LogP contribution in [0.3, 0.4) is 0 Å². The number of nitrogens with one attached hydrogen (secondary N) is 2. The number of pyridine rings is 1. The van der Waals surface area contributed by atoms with Crippen LogP contribution >= 0.6 is 0 Å². The molecule has 0 radical (unpaired) electrons. The molecular formula is C24H31N7O5. The number of fused-ring (bicyclic) bond motifs is 1. The lowest BCUT2D eigenvalue weighted by molar-refractivity contribution is -0.126. The number of alkyl carbamates (subject to hydrolysis) is 1. The van der Waals surface area contributed by atoms with Crippen molar-refractivity contribution in [1.82, 2.24) is 25.2 Å². The summed E-state index contributed by atoms with van der Waals surface area (Å²) in [6, 6.07) is 13.2. The standard InChI is InChI=1S/C24H31N7O5/c1-15(20(25)32)27-23(34)36-13-17-10-7-11-19-29-30-21(31(17)19)18(28-22(33)24(2,3)26)14-35-12-16-8-5-4-6-9-16/h4-11,15,18H,12-14,26H2,1-3H3,(H2,25,32)(H,27,34)(H,28,33)/t15-,18+/m0/s1. The number of ether oxygens (including phenoxy) is 2. The molecule has 0 saturated heterocycles. The maximum Gasteiger partial charge on any atom is 0.408 e. The average molecular weight is 498 g/mol. The van der Waals surface area contributed by atoms with Gasteiger partial charge in [-0.05, 0) is 38.5 Å². The van der Waals surface area contributed by atoms with Crippen molar-refractivity contribution in [3.8, 4) is 0 Å². The Labute approximate surface area is 208 Å². The minimum atomic E-state index is -1.14. The van der Waals surface area contributed by atoms with E-state index in [9.17, 15) is 14.4 Å². The van der Waals surface area contributed by atoms with Crippen LogP contribution in [0.15, 0.2) is 48.5 Å². The van der Waals surface area contributed by atoms with E-state index in [0.29, 0.717) is 23.8 Å². The second-order valence-electron chi connectivity index (χ2n) is 8.86. The first-order valence-corrected chi connectivity index (χ1v) is 11.3. The Bertz CT molecular complexity index is 1210. The number of nitrogens with zero attached hydrogens (tertiary/aromatic N) is 3. The molecule has 0 aliphatic carbocycles. The summed E-state index contributed by atoms with van der Waals surface area (Å²) in [5, 5.41) is 13.7. The molecule has 2 heterocycles. The molecule has 0 spiro atoms. The summed E-state index contributed by atoms with van der Waals surface area (Å²) in [6.45, 7) is 4.89. The van der Waals surface area contributed by atoms with Crippen LogP contribution < -0.4 is 22.1 Å². The molecule has 0 fully saturated rings. The minimum absolute atomic E-state index is 0.0866. The molecule has 12 nitrogen and oxygen atoms in total. The lowest BCUT2D eigenvalue weighted by Crippen LogP contribution is -2.51. The number of carbonyl (C=O) groups excluding carboxylic acids is 3. The first kappa shape index (κ1) is 26.6. The van der Waals surface area contributed by atoms with Crippen LogP contribution in [0.4, 0.5) is 4.79 Å². The first-order valence-electron chi connectivity index (χ1n) is 11.3. The highest BCUT2D eigenvalue weighted by molar-refractivity contribution is 5.85. The fourth-order valence-corrected chi connectivity index (χ4v) is 3.19. The molecular weight excluding hydrogens is 466 g/mol. The molecule has 1 aromatic carbocycles. The number of hydrogen-bond donors (Lipinski definition) is 4. The Morgan fingerprint density at radius 2 is 1.75 bits per heavy atom. The van der Waals surface area contributed by atoms with Crippen molar-refractivity contribution in [2.75, 3.05) is 6.61 Å². The summed E-state index contributed by atoms with van der Waals surface area (Å²) in [6.07, 6.45) is -0.811. The van der Waals surface area contributed by atoms with E-state index in [4.69, 9.17) is 20.9 Å². The topological polar surface area (TPSA) is 176 Å². The van der Waals surface area contributed by atoms with Gasteiger partial charge in [0.05, 0.1) is 24.4 Å². The molecule has 0 saturated carbocycles. The van der Waals surface area contributed by atoms with Crippen molar-refractivity contribution < 1.29 is 23.9 Å². The first-order chi connectivity index (χ1) is 17.1. The Morgan fingerprint density at radius 1 is 1.03 bits per heavy atom. The van der Waals surface area contributed by atoms with Gasteiger partial charge in [0.25, 0.3) is 0 Å². The zero-order valence-electron chi connectivity index (χ0n) is 20.4. The van der Waals surface area contributed by atoms with Crippen molar-refractivity contribution in [1.29, 1.82) is 0 Å². The molecule has 2 aromatic heterocycles. The normalized spacial score (nSPS) is 13.1. The van der Waals surface area contributed by atoms with E-state index in [1.54, 1.807) is 36.4 Å². The van der Waals surface area contributed by atoms with Gasteiger partial charge in [-0.25, -0.2) is 4.79 Å². The lowest BCUT2D eigenvalue weighted by atomic mass is 10.1. The summed E-state index contributed by atoms with van der Waals surface area (Å²) >= 11 is 0. The smallest absolute Gasteiger partial charge is 0.408 e. The molecule has 12 heteroatoms. The third kappa shape index (κ3) is 6.99. The van der Waals surface area contributed by atoms with Crippen molar-refractivity contribution in [3.63, 3.8) is 0 Å². The molecule has 36 heavy (non-hydrogen) atoms. The van der Waals surface area contributed by atoms with E-state index in [0.717, 1.165) is 5.56 Å². The van der Waals surface area contributed by atoms with Gasteiger partial charge in [0, 0.05) is 0 Å². The summed E-state index contributed by atoms with van der Waals surface area (Å²) in [5.41, 5.74) is 12.0. The van der Waals surface area contributed by atoms with Gasteiger partial charge in [0.1, 0.15) is 18.7 Å². The van der Waals surface area contributed by atoms with E-state index in [1.165, 1.54) is 6.92 Å². The second-order valence-corrected chi connectivity index (χ2v) is 8.86. The van der Waals surface area contributed by atoms with Gasteiger partial charge in [0.2, 0.25) is 11.8 Å². The third-order valence-electron chi connectivity index (χ3n) is 5.24. The van der Waals surface area contributed by atoms with Gasteiger partial charge < -0.3 is 31.6 Å². The van der Waals surface area contributed by atoms with Crippen LogP contribution in [0.5, 0.6) is 0 Å². The molecule has 0 bridgehead atoms. The van der Waals surface area contributed by atoms with Crippen LogP contribution in [0.25, 0.3) is 5.65 Å². The van der Waals surface area contributed by atoms with Gasteiger partial charge in [-0.15, -0.1) is 10.2 Å². The van der Waals surface area contributed by atoms with Gasteiger partial charge in [0.15, 0.2) is 11.5 Å². The number of nitrogens with two attached hydrogens (primary N) is 2. The molecule has 3 rings (SSSR count). The highest BCUT2D eigenvalue weighted by Gasteiger charge is 2.28. The number of rotatable bonds is 11. The number of aromatic nitrogens is 3. The Balaban J connectivity index is 1.84.